The highest BCUT2D eigenvalue weighted by Crippen LogP contribution is 2.29. The molecule has 5 aromatic rings. The van der Waals surface area contributed by atoms with Gasteiger partial charge in [0.15, 0.2) is 11.6 Å². The lowest BCUT2D eigenvalue weighted by Crippen LogP contribution is -1.96. The number of aromatic nitrogens is 4. The molecule has 0 aliphatic carbocycles. The van der Waals surface area contributed by atoms with Gasteiger partial charge in [0.25, 0.3) is 0 Å². The Labute approximate surface area is 194 Å². The molecule has 0 atom stereocenters. The summed E-state index contributed by atoms with van der Waals surface area (Å²) in [4.78, 5) is 4.66. The van der Waals surface area contributed by atoms with Gasteiger partial charge in [0.05, 0.1) is 23.1 Å². The molecule has 0 amide bonds. The number of hydrogen-bond donors (Lipinski definition) is 1. The Balaban J connectivity index is 1.48. The van der Waals surface area contributed by atoms with Crippen molar-refractivity contribution in [1.29, 1.82) is 0 Å². The van der Waals surface area contributed by atoms with E-state index in [1.165, 1.54) is 22.9 Å². The average molecular weight is 543 g/mol. The van der Waals surface area contributed by atoms with Crippen molar-refractivity contribution in [2.45, 2.75) is 0 Å². The van der Waals surface area contributed by atoms with Crippen LogP contribution in [0.25, 0.3) is 28.0 Å². The van der Waals surface area contributed by atoms with E-state index in [1.807, 2.05) is 30.3 Å². The Morgan fingerprint density at radius 3 is 2.53 bits per heavy atom. The quantitative estimate of drug-likeness (QED) is 0.273. The van der Waals surface area contributed by atoms with Gasteiger partial charge in [-0.05, 0) is 77.2 Å². The van der Waals surface area contributed by atoms with Gasteiger partial charge in [-0.15, -0.1) is 5.10 Å². The largest absolute Gasteiger partial charge is 0.355 e. The maximum atomic E-state index is 13.7. The first-order valence-electron chi connectivity index (χ1n) is 9.47. The zero-order valence-electron chi connectivity index (χ0n) is 16.2. The first kappa shape index (κ1) is 20.4. The fourth-order valence-corrected chi connectivity index (χ4v) is 3.96. The van der Waals surface area contributed by atoms with Gasteiger partial charge in [0, 0.05) is 26.4 Å². The van der Waals surface area contributed by atoms with Crippen molar-refractivity contribution in [3.63, 3.8) is 0 Å². The molecule has 9 heteroatoms. The Morgan fingerprint density at radius 1 is 0.844 bits per heavy atom. The van der Waals surface area contributed by atoms with Crippen molar-refractivity contribution < 1.29 is 13.2 Å². The van der Waals surface area contributed by atoms with E-state index in [0.717, 1.165) is 26.8 Å². The summed E-state index contributed by atoms with van der Waals surface area (Å²) in [5.74, 6) is -2.21. The van der Waals surface area contributed by atoms with Crippen LogP contribution < -0.4 is 5.32 Å². The molecule has 0 aliphatic heterocycles. The Bertz CT molecular complexity index is 1450. The van der Waals surface area contributed by atoms with Gasteiger partial charge < -0.3 is 5.32 Å². The van der Waals surface area contributed by atoms with Crippen LogP contribution in [0.5, 0.6) is 0 Å². The van der Waals surface area contributed by atoms with E-state index < -0.39 is 11.6 Å². The molecule has 1 N–H and O–H groups in total. The molecule has 0 saturated carbocycles. The second-order valence-electron chi connectivity index (χ2n) is 7.00. The second kappa shape index (κ2) is 8.23. The van der Waals surface area contributed by atoms with Crippen LogP contribution in [0.1, 0.15) is 0 Å². The number of halogens is 4. The number of anilines is 2. The molecule has 0 aliphatic rings. The van der Waals surface area contributed by atoms with Crippen LogP contribution in [0, 0.1) is 21.0 Å². The predicted molar refractivity (Wildman–Crippen MR) is 124 cm³/mol. The highest BCUT2D eigenvalue weighted by atomic mass is 127. The molecule has 3 aromatic carbocycles. The summed E-state index contributed by atoms with van der Waals surface area (Å²) in [6.07, 6.45) is 1.59. The van der Waals surface area contributed by atoms with Crippen molar-refractivity contribution in [1.82, 2.24) is 20.0 Å². The molecule has 0 radical (unpaired) electrons. The third kappa shape index (κ3) is 4.03. The zero-order chi connectivity index (χ0) is 22.2. The third-order valence-corrected chi connectivity index (χ3v) is 5.42. The minimum Gasteiger partial charge on any atom is -0.355 e. The molecule has 0 spiro atoms. The van der Waals surface area contributed by atoms with Crippen LogP contribution in [-0.4, -0.2) is 20.0 Å². The lowest BCUT2D eigenvalue weighted by atomic mass is 10.1. The summed E-state index contributed by atoms with van der Waals surface area (Å²) in [5, 5.41) is 12.2. The van der Waals surface area contributed by atoms with Crippen LogP contribution in [0.2, 0.25) is 0 Å². The van der Waals surface area contributed by atoms with E-state index in [0.29, 0.717) is 28.3 Å². The van der Waals surface area contributed by atoms with Gasteiger partial charge in [0.2, 0.25) is 0 Å². The van der Waals surface area contributed by atoms with Gasteiger partial charge in [-0.3, -0.25) is 0 Å². The monoisotopic (exact) mass is 543 g/mol. The Kier molecular flexibility index (Phi) is 5.25. The molecule has 5 nitrogen and oxygen atoms in total. The van der Waals surface area contributed by atoms with Crippen LogP contribution in [0.4, 0.5) is 24.5 Å². The van der Waals surface area contributed by atoms with Gasteiger partial charge in [-0.2, -0.15) is 0 Å². The highest BCUT2D eigenvalue weighted by molar-refractivity contribution is 14.1. The smallest absolute Gasteiger partial charge is 0.160 e. The summed E-state index contributed by atoms with van der Waals surface area (Å²) < 4.78 is 42.6. The SMILES string of the molecule is Fc1cc(I)cc(Nc2cccc3nc(-c4cn(-c5ccc(F)c(F)c5)nn4)ccc23)c1. The number of pyridine rings is 1. The lowest BCUT2D eigenvalue weighted by Gasteiger charge is -2.11. The van der Waals surface area contributed by atoms with E-state index in [-0.39, 0.29) is 5.82 Å². The maximum absolute atomic E-state index is 13.7. The van der Waals surface area contributed by atoms with Crippen LogP contribution in [-0.2, 0) is 0 Å². The topological polar surface area (TPSA) is 55.6 Å². The molecule has 0 unspecified atom stereocenters. The summed E-state index contributed by atoms with van der Waals surface area (Å²) in [6.45, 7) is 0. The van der Waals surface area contributed by atoms with E-state index in [1.54, 1.807) is 12.3 Å². The predicted octanol–water partition coefficient (Wildman–Crippen LogP) is 6.25. The van der Waals surface area contributed by atoms with E-state index in [2.05, 4.69) is 43.2 Å². The van der Waals surface area contributed by atoms with E-state index >= 15 is 0 Å². The van der Waals surface area contributed by atoms with Crippen molar-refractivity contribution in [2.75, 3.05) is 5.32 Å². The van der Waals surface area contributed by atoms with Crippen molar-refractivity contribution in [2.24, 2.45) is 0 Å². The van der Waals surface area contributed by atoms with Gasteiger partial charge in [0.1, 0.15) is 11.5 Å². The molecular weight excluding hydrogens is 530 g/mol. The van der Waals surface area contributed by atoms with Gasteiger partial charge in [-0.25, -0.2) is 22.8 Å². The molecule has 0 fully saturated rings. The number of fused-ring (bicyclic) bond motifs is 1. The van der Waals surface area contributed by atoms with Gasteiger partial charge >= 0.3 is 0 Å². The lowest BCUT2D eigenvalue weighted by molar-refractivity contribution is 0.507. The summed E-state index contributed by atoms with van der Waals surface area (Å²) in [7, 11) is 0. The number of hydrogen-bond acceptors (Lipinski definition) is 4. The molecule has 0 saturated heterocycles. The normalized spacial score (nSPS) is 11.1. The zero-order valence-corrected chi connectivity index (χ0v) is 18.4. The second-order valence-corrected chi connectivity index (χ2v) is 8.24. The summed E-state index contributed by atoms with van der Waals surface area (Å²) in [5.41, 5.74) is 3.54. The Hall–Kier alpha value is -3.47. The first-order chi connectivity index (χ1) is 15.5. The minimum absolute atomic E-state index is 0.316. The standard InChI is InChI=1S/C23H13F3IN5/c24-13-8-14(27)10-15(9-13)28-20-2-1-3-21-17(20)5-7-22(29-21)23-12-32(31-30-23)16-4-6-18(25)19(26)11-16/h1-12,28H. The minimum atomic E-state index is -0.962. The molecule has 32 heavy (non-hydrogen) atoms. The summed E-state index contributed by atoms with van der Waals surface area (Å²) in [6, 6.07) is 17.5. The van der Waals surface area contributed by atoms with Crippen LogP contribution >= 0.6 is 22.6 Å². The van der Waals surface area contributed by atoms with Crippen molar-refractivity contribution in [3.8, 4) is 17.1 Å². The number of nitrogens with zero attached hydrogens (tertiary/aromatic N) is 4. The molecular formula is C23H13F3IN5. The number of nitrogens with one attached hydrogen (secondary N) is 1. The van der Waals surface area contributed by atoms with E-state index in [9.17, 15) is 13.2 Å². The van der Waals surface area contributed by atoms with Crippen molar-refractivity contribution in [3.05, 3.63) is 93.9 Å². The van der Waals surface area contributed by atoms with Crippen molar-refractivity contribution >= 4 is 44.9 Å². The van der Waals surface area contributed by atoms with Crippen LogP contribution in [0.15, 0.2) is 72.9 Å². The fourth-order valence-electron chi connectivity index (χ4n) is 3.32. The highest BCUT2D eigenvalue weighted by Gasteiger charge is 2.11. The Morgan fingerprint density at radius 2 is 1.72 bits per heavy atom. The number of benzene rings is 3. The van der Waals surface area contributed by atoms with E-state index in [4.69, 9.17) is 0 Å². The molecule has 5 rings (SSSR count). The van der Waals surface area contributed by atoms with Gasteiger partial charge in [-0.1, -0.05) is 11.3 Å². The average Bonchev–Trinajstić information content (AvgIpc) is 3.25. The molecule has 2 aromatic heterocycles. The molecule has 158 valence electrons. The molecule has 0 bridgehead atoms. The molecule has 2 heterocycles. The third-order valence-electron chi connectivity index (χ3n) is 4.80. The number of rotatable bonds is 4. The first-order valence-corrected chi connectivity index (χ1v) is 10.6. The van der Waals surface area contributed by atoms with Crippen LogP contribution in [0.3, 0.4) is 0 Å². The maximum Gasteiger partial charge on any atom is 0.160 e. The summed E-state index contributed by atoms with van der Waals surface area (Å²) >= 11 is 2.07. The fraction of sp³-hybridized carbons (Fsp3) is 0.